The first kappa shape index (κ1) is 26.4. The third-order valence-corrected chi connectivity index (χ3v) is 7.00. The molecule has 184 valence electrons. The SMILES string of the molecule is CCOC(=O)c1ccc(NC(=O)CC(CNS(=O)(=O)c2ccc(C)cc2)c2ccc(Cl)cc2)cc1. The maximum absolute atomic E-state index is 12.8. The molecule has 1 amide bonds. The van der Waals surface area contributed by atoms with Gasteiger partial charge in [0, 0.05) is 29.6 Å². The lowest BCUT2D eigenvalue weighted by Crippen LogP contribution is -2.30. The molecule has 0 bridgehead atoms. The predicted molar refractivity (Wildman–Crippen MR) is 136 cm³/mol. The van der Waals surface area contributed by atoms with Gasteiger partial charge in [-0.15, -0.1) is 0 Å². The van der Waals surface area contributed by atoms with Crippen molar-refractivity contribution >= 4 is 39.2 Å². The number of nitrogens with one attached hydrogen (secondary N) is 2. The number of carbonyl (C=O) groups is 2. The van der Waals surface area contributed by atoms with Crippen LogP contribution in [0.2, 0.25) is 5.02 Å². The molecule has 0 aliphatic rings. The van der Waals surface area contributed by atoms with Crippen molar-refractivity contribution in [1.82, 2.24) is 4.72 Å². The van der Waals surface area contributed by atoms with Crippen LogP contribution in [0.3, 0.4) is 0 Å². The zero-order valence-corrected chi connectivity index (χ0v) is 21.0. The summed E-state index contributed by atoms with van der Waals surface area (Å²) in [6, 6.07) is 19.8. The summed E-state index contributed by atoms with van der Waals surface area (Å²) in [6.45, 7) is 3.90. The summed E-state index contributed by atoms with van der Waals surface area (Å²) in [4.78, 5) is 24.8. The average Bonchev–Trinajstić information content (AvgIpc) is 2.83. The van der Waals surface area contributed by atoms with E-state index in [0.29, 0.717) is 16.3 Å². The van der Waals surface area contributed by atoms with Crippen molar-refractivity contribution in [3.05, 3.63) is 94.5 Å². The molecule has 3 rings (SSSR count). The van der Waals surface area contributed by atoms with Crippen LogP contribution in [0.1, 0.15) is 40.7 Å². The van der Waals surface area contributed by atoms with E-state index in [2.05, 4.69) is 10.0 Å². The zero-order valence-electron chi connectivity index (χ0n) is 19.5. The van der Waals surface area contributed by atoms with E-state index in [1.54, 1.807) is 79.7 Å². The summed E-state index contributed by atoms with van der Waals surface area (Å²) in [5.41, 5.74) is 2.62. The van der Waals surface area contributed by atoms with Gasteiger partial charge in [0.1, 0.15) is 0 Å². The van der Waals surface area contributed by atoms with Crippen molar-refractivity contribution in [3.8, 4) is 0 Å². The number of esters is 1. The maximum atomic E-state index is 12.8. The predicted octanol–water partition coefficient (Wildman–Crippen LogP) is 4.92. The molecule has 0 fully saturated rings. The highest BCUT2D eigenvalue weighted by atomic mass is 35.5. The van der Waals surface area contributed by atoms with Crippen LogP contribution in [0.5, 0.6) is 0 Å². The number of anilines is 1. The fraction of sp³-hybridized carbons (Fsp3) is 0.231. The minimum absolute atomic E-state index is 0.0209. The van der Waals surface area contributed by atoms with E-state index in [4.69, 9.17) is 16.3 Å². The Kier molecular flexibility index (Phi) is 9.03. The molecule has 0 saturated carbocycles. The normalized spacial score (nSPS) is 12.1. The summed E-state index contributed by atoms with van der Waals surface area (Å²) in [5, 5.41) is 3.33. The number of ether oxygens (including phenoxy) is 1. The van der Waals surface area contributed by atoms with Gasteiger partial charge in [-0.2, -0.15) is 0 Å². The zero-order chi connectivity index (χ0) is 25.4. The number of amides is 1. The van der Waals surface area contributed by atoms with E-state index in [-0.39, 0.29) is 30.4 Å². The number of aryl methyl sites for hydroxylation is 1. The Morgan fingerprint density at radius 2 is 1.57 bits per heavy atom. The van der Waals surface area contributed by atoms with Gasteiger partial charge in [0.15, 0.2) is 0 Å². The van der Waals surface area contributed by atoms with Crippen LogP contribution < -0.4 is 10.0 Å². The van der Waals surface area contributed by atoms with Gasteiger partial charge >= 0.3 is 5.97 Å². The van der Waals surface area contributed by atoms with Gasteiger partial charge in [-0.25, -0.2) is 17.9 Å². The number of carbonyl (C=O) groups excluding carboxylic acids is 2. The van der Waals surface area contributed by atoms with Gasteiger partial charge in [-0.1, -0.05) is 41.4 Å². The van der Waals surface area contributed by atoms with Gasteiger partial charge in [0.2, 0.25) is 15.9 Å². The molecule has 0 aliphatic carbocycles. The van der Waals surface area contributed by atoms with E-state index in [1.165, 1.54) is 0 Å². The molecule has 7 nitrogen and oxygen atoms in total. The molecular formula is C26H27ClN2O5S. The molecule has 3 aromatic carbocycles. The van der Waals surface area contributed by atoms with Crippen molar-refractivity contribution in [2.45, 2.75) is 31.1 Å². The molecule has 0 radical (unpaired) electrons. The second-order valence-corrected chi connectivity index (χ2v) is 10.2. The third kappa shape index (κ3) is 7.65. The summed E-state index contributed by atoms with van der Waals surface area (Å²) >= 11 is 6.00. The van der Waals surface area contributed by atoms with Crippen LogP contribution in [-0.2, 0) is 19.6 Å². The highest BCUT2D eigenvalue weighted by molar-refractivity contribution is 7.89. The van der Waals surface area contributed by atoms with E-state index >= 15 is 0 Å². The van der Waals surface area contributed by atoms with Gasteiger partial charge in [-0.05, 0) is 67.9 Å². The molecule has 0 aliphatic heterocycles. The van der Waals surface area contributed by atoms with Gasteiger partial charge < -0.3 is 10.1 Å². The minimum Gasteiger partial charge on any atom is -0.462 e. The largest absolute Gasteiger partial charge is 0.462 e. The maximum Gasteiger partial charge on any atom is 0.338 e. The minimum atomic E-state index is -3.75. The quantitative estimate of drug-likeness (QED) is 0.374. The Morgan fingerprint density at radius 1 is 0.943 bits per heavy atom. The fourth-order valence-electron chi connectivity index (χ4n) is 3.39. The summed E-state index contributed by atoms with van der Waals surface area (Å²) in [6.07, 6.45) is 0.0255. The molecule has 35 heavy (non-hydrogen) atoms. The summed E-state index contributed by atoms with van der Waals surface area (Å²) in [7, 11) is -3.75. The second kappa shape index (κ2) is 12.0. The number of benzene rings is 3. The second-order valence-electron chi connectivity index (χ2n) is 7.96. The Balaban J connectivity index is 1.71. The van der Waals surface area contributed by atoms with Crippen LogP contribution in [0.4, 0.5) is 5.69 Å². The highest BCUT2D eigenvalue weighted by Gasteiger charge is 2.21. The van der Waals surface area contributed by atoms with E-state index in [0.717, 1.165) is 11.1 Å². The molecule has 2 N–H and O–H groups in total. The summed E-state index contributed by atoms with van der Waals surface area (Å²) < 4.78 is 33.1. The number of hydrogen-bond acceptors (Lipinski definition) is 5. The number of halogens is 1. The molecule has 9 heteroatoms. The lowest BCUT2D eigenvalue weighted by molar-refractivity contribution is -0.116. The van der Waals surface area contributed by atoms with E-state index < -0.39 is 21.9 Å². The molecule has 0 spiro atoms. The average molecular weight is 515 g/mol. The van der Waals surface area contributed by atoms with Crippen molar-refractivity contribution in [2.24, 2.45) is 0 Å². The van der Waals surface area contributed by atoms with Crippen LogP contribution in [-0.4, -0.2) is 33.4 Å². The lowest BCUT2D eigenvalue weighted by atomic mass is 9.95. The highest BCUT2D eigenvalue weighted by Crippen LogP contribution is 2.23. The van der Waals surface area contributed by atoms with E-state index in [1.807, 2.05) is 6.92 Å². The lowest BCUT2D eigenvalue weighted by Gasteiger charge is -2.18. The Labute approximate surface area is 210 Å². The van der Waals surface area contributed by atoms with E-state index in [9.17, 15) is 18.0 Å². The number of rotatable bonds is 10. The van der Waals surface area contributed by atoms with Gasteiger partial charge in [-0.3, -0.25) is 4.79 Å². The van der Waals surface area contributed by atoms with Crippen molar-refractivity contribution in [2.75, 3.05) is 18.5 Å². The fourth-order valence-corrected chi connectivity index (χ4v) is 4.60. The molecule has 3 aromatic rings. The Hall–Kier alpha value is -3.20. The molecule has 0 aromatic heterocycles. The topological polar surface area (TPSA) is 102 Å². The first-order valence-corrected chi connectivity index (χ1v) is 12.9. The monoisotopic (exact) mass is 514 g/mol. The van der Waals surface area contributed by atoms with Crippen molar-refractivity contribution in [1.29, 1.82) is 0 Å². The van der Waals surface area contributed by atoms with Crippen molar-refractivity contribution < 1.29 is 22.7 Å². The molecule has 0 heterocycles. The third-order valence-electron chi connectivity index (χ3n) is 5.30. The first-order valence-electron chi connectivity index (χ1n) is 11.1. The number of sulfonamides is 1. The molecule has 1 unspecified atom stereocenters. The molecule has 0 saturated heterocycles. The molecule has 1 atom stereocenters. The van der Waals surface area contributed by atoms with Gasteiger partial charge in [0.05, 0.1) is 17.1 Å². The van der Waals surface area contributed by atoms with Crippen LogP contribution >= 0.6 is 11.6 Å². The molecular weight excluding hydrogens is 488 g/mol. The summed E-state index contributed by atoms with van der Waals surface area (Å²) in [5.74, 6) is -1.18. The smallest absolute Gasteiger partial charge is 0.338 e. The van der Waals surface area contributed by atoms with Crippen LogP contribution in [0.15, 0.2) is 77.7 Å². The van der Waals surface area contributed by atoms with Crippen LogP contribution in [0.25, 0.3) is 0 Å². The van der Waals surface area contributed by atoms with Gasteiger partial charge in [0.25, 0.3) is 0 Å². The standard InChI is InChI=1S/C26H27ClN2O5S/c1-3-34-26(31)20-8-12-23(13-9-20)29-25(30)16-21(19-6-10-22(27)11-7-19)17-28-35(32,33)24-14-4-18(2)5-15-24/h4-15,21,28H,3,16-17H2,1-2H3,(H,29,30). The van der Waals surface area contributed by atoms with Crippen molar-refractivity contribution in [3.63, 3.8) is 0 Å². The van der Waals surface area contributed by atoms with Crippen LogP contribution in [0, 0.1) is 6.92 Å². The number of hydrogen-bond donors (Lipinski definition) is 2. The Morgan fingerprint density at radius 3 is 2.17 bits per heavy atom. The first-order chi connectivity index (χ1) is 16.7. The Bertz CT molecular complexity index is 1260.